The van der Waals surface area contributed by atoms with Crippen LogP contribution in [0.5, 0.6) is 0 Å². The normalized spacial score (nSPS) is 15.7. The summed E-state index contributed by atoms with van der Waals surface area (Å²) in [5.74, 6) is -1.71. The summed E-state index contributed by atoms with van der Waals surface area (Å²) in [6.45, 7) is 12.6. The summed E-state index contributed by atoms with van der Waals surface area (Å²) in [5.41, 5.74) is 7.00. The fourth-order valence-corrected chi connectivity index (χ4v) is 4.73. The van der Waals surface area contributed by atoms with Gasteiger partial charge in [0, 0.05) is 12.6 Å². The summed E-state index contributed by atoms with van der Waals surface area (Å²) >= 11 is 0. The summed E-state index contributed by atoms with van der Waals surface area (Å²) in [4.78, 5) is 53.5. The molecule has 2 rings (SSSR count). The zero-order valence-electron chi connectivity index (χ0n) is 22.8. The van der Waals surface area contributed by atoms with Crippen molar-refractivity contribution < 1.29 is 23.9 Å². The smallest absolute Gasteiger partial charge is 0.408 e. The minimum Gasteiger partial charge on any atom is -0.444 e. The van der Waals surface area contributed by atoms with E-state index in [1.807, 2.05) is 32.0 Å². The van der Waals surface area contributed by atoms with Gasteiger partial charge < -0.3 is 26.0 Å². The van der Waals surface area contributed by atoms with Gasteiger partial charge in [0.2, 0.25) is 17.7 Å². The number of ether oxygens (including phenoxy) is 1. The third kappa shape index (κ3) is 8.91. The predicted molar refractivity (Wildman–Crippen MR) is 143 cm³/mol. The standard InChI is InChI=1S/C28H42N4O5/c1-7-16-32(26(35)21(17-22(29)33)31-27(36)37-28(4,5)6)24(23-18(2)12-11-13-19(23)3)25(34)30-20-14-9-8-10-15-20/h7,11-13,20-21,24H,1,8-10,14-17H2,2-6H3,(H2,29,33)(H,30,34)(H,31,36). The molecule has 0 bridgehead atoms. The average Bonchev–Trinajstić information content (AvgIpc) is 2.78. The number of hydrogen-bond donors (Lipinski definition) is 3. The molecule has 37 heavy (non-hydrogen) atoms. The molecule has 204 valence electrons. The molecule has 4 N–H and O–H groups in total. The summed E-state index contributed by atoms with van der Waals surface area (Å²) in [6.07, 6.45) is 5.18. The molecule has 0 aromatic heterocycles. The molecule has 0 spiro atoms. The van der Waals surface area contributed by atoms with Crippen LogP contribution in [0, 0.1) is 13.8 Å². The van der Waals surface area contributed by atoms with Gasteiger partial charge in [0.05, 0.1) is 6.42 Å². The van der Waals surface area contributed by atoms with Gasteiger partial charge in [-0.1, -0.05) is 43.5 Å². The number of carbonyl (C=O) groups is 4. The van der Waals surface area contributed by atoms with E-state index < -0.39 is 42.0 Å². The van der Waals surface area contributed by atoms with Gasteiger partial charge in [-0.25, -0.2) is 4.79 Å². The number of nitrogens with two attached hydrogens (primary N) is 1. The van der Waals surface area contributed by atoms with Crippen LogP contribution in [0.15, 0.2) is 30.9 Å². The Morgan fingerprint density at radius 3 is 2.24 bits per heavy atom. The lowest BCUT2D eigenvalue weighted by Gasteiger charge is -2.36. The van der Waals surface area contributed by atoms with Crippen LogP contribution in [0.4, 0.5) is 4.79 Å². The number of carbonyl (C=O) groups excluding carboxylic acids is 4. The third-order valence-electron chi connectivity index (χ3n) is 6.33. The summed E-state index contributed by atoms with van der Waals surface area (Å²) in [6, 6.07) is 3.38. The van der Waals surface area contributed by atoms with Crippen molar-refractivity contribution in [1.29, 1.82) is 0 Å². The first-order valence-corrected chi connectivity index (χ1v) is 12.9. The Morgan fingerprint density at radius 2 is 1.73 bits per heavy atom. The Morgan fingerprint density at radius 1 is 1.14 bits per heavy atom. The molecule has 1 saturated carbocycles. The Hall–Kier alpha value is -3.36. The molecular formula is C28H42N4O5. The monoisotopic (exact) mass is 514 g/mol. The molecule has 0 aliphatic heterocycles. The summed E-state index contributed by atoms with van der Waals surface area (Å²) in [5, 5.41) is 5.63. The number of nitrogens with zero attached hydrogens (tertiary/aromatic N) is 1. The van der Waals surface area contributed by atoms with Gasteiger partial charge in [0.25, 0.3) is 0 Å². The van der Waals surface area contributed by atoms with Crippen LogP contribution < -0.4 is 16.4 Å². The highest BCUT2D eigenvalue weighted by atomic mass is 16.6. The minimum absolute atomic E-state index is 0.0145. The fraction of sp³-hybridized carbons (Fsp3) is 0.571. The lowest BCUT2D eigenvalue weighted by molar-refractivity contribution is -0.143. The molecule has 9 nitrogen and oxygen atoms in total. The number of nitrogens with one attached hydrogen (secondary N) is 2. The zero-order chi connectivity index (χ0) is 27.8. The van der Waals surface area contributed by atoms with E-state index in [-0.39, 0.29) is 18.5 Å². The number of hydrogen-bond acceptors (Lipinski definition) is 5. The molecule has 0 heterocycles. The van der Waals surface area contributed by atoms with Crippen LogP contribution in [0.3, 0.4) is 0 Å². The second-order valence-corrected chi connectivity index (χ2v) is 10.7. The largest absolute Gasteiger partial charge is 0.444 e. The van der Waals surface area contributed by atoms with Crippen LogP contribution in [-0.4, -0.2) is 52.9 Å². The number of rotatable bonds is 10. The molecule has 1 aromatic carbocycles. The highest BCUT2D eigenvalue weighted by molar-refractivity contribution is 5.95. The molecule has 2 unspecified atom stereocenters. The van der Waals surface area contributed by atoms with E-state index in [2.05, 4.69) is 17.2 Å². The maximum absolute atomic E-state index is 13.9. The number of aryl methyl sites for hydroxylation is 2. The molecule has 1 aliphatic carbocycles. The van der Waals surface area contributed by atoms with Crippen LogP contribution in [0.2, 0.25) is 0 Å². The minimum atomic E-state index is -1.32. The van der Waals surface area contributed by atoms with Crippen molar-refractivity contribution in [1.82, 2.24) is 15.5 Å². The van der Waals surface area contributed by atoms with Gasteiger partial charge in [-0.2, -0.15) is 0 Å². The van der Waals surface area contributed by atoms with E-state index in [4.69, 9.17) is 10.5 Å². The lowest BCUT2D eigenvalue weighted by atomic mass is 9.91. The van der Waals surface area contributed by atoms with Crippen LogP contribution in [0.1, 0.15) is 82.0 Å². The van der Waals surface area contributed by atoms with Gasteiger partial charge in [0.1, 0.15) is 17.7 Å². The molecule has 2 atom stereocenters. The fourth-order valence-electron chi connectivity index (χ4n) is 4.73. The van der Waals surface area contributed by atoms with E-state index in [1.165, 1.54) is 11.0 Å². The van der Waals surface area contributed by atoms with Gasteiger partial charge >= 0.3 is 6.09 Å². The first-order valence-electron chi connectivity index (χ1n) is 12.9. The zero-order valence-corrected chi connectivity index (χ0v) is 22.8. The summed E-state index contributed by atoms with van der Waals surface area (Å²) in [7, 11) is 0. The Kier molecular flexibility index (Phi) is 10.7. The van der Waals surface area contributed by atoms with Crippen LogP contribution in [-0.2, 0) is 19.1 Å². The van der Waals surface area contributed by atoms with Gasteiger partial charge in [-0.15, -0.1) is 6.58 Å². The van der Waals surface area contributed by atoms with Gasteiger partial charge in [0.15, 0.2) is 0 Å². The molecule has 1 aromatic rings. The second kappa shape index (κ2) is 13.3. The first-order chi connectivity index (χ1) is 17.3. The molecule has 9 heteroatoms. The highest BCUT2D eigenvalue weighted by Crippen LogP contribution is 2.30. The number of amides is 4. The van der Waals surface area contributed by atoms with Crippen molar-refractivity contribution in [3.63, 3.8) is 0 Å². The van der Waals surface area contributed by atoms with E-state index >= 15 is 0 Å². The van der Waals surface area contributed by atoms with Crippen LogP contribution in [0.25, 0.3) is 0 Å². The topological polar surface area (TPSA) is 131 Å². The van der Waals surface area contributed by atoms with E-state index in [0.717, 1.165) is 43.2 Å². The molecule has 4 amide bonds. The molecule has 1 aliphatic rings. The van der Waals surface area contributed by atoms with Crippen molar-refractivity contribution in [2.75, 3.05) is 6.54 Å². The van der Waals surface area contributed by atoms with Gasteiger partial charge in [-0.3, -0.25) is 14.4 Å². The first kappa shape index (κ1) is 29.9. The Bertz CT molecular complexity index is 975. The number of primary amides is 1. The quantitative estimate of drug-likeness (QED) is 0.411. The maximum atomic E-state index is 13.9. The van der Waals surface area contributed by atoms with Crippen molar-refractivity contribution in [3.05, 3.63) is 47.5 Å². The van der Waals surface area contributed by atoms with E-state index in [9.17, 15) is 19.2 Å². The van der Waals surface area contributed by atoms with E-state index in [0.29, 0.717) is 5.56 Å². The molecule has 1 fully saturated rings. The van der Waals surface area contributed by atoms with Crippen LogP contribution >= 0.6 is 0 Å². The number of benzene rings is 1. The van der Waals surface area contributed by atoms with Crippen molar-refractivity contribution in [3.8, 4) is 0 Å². The van der Waals surface area contributed by atoms with E-state index in [1.54, 1.807) is 20.8 Å². The second-order valence-electron chi connectivity index (χ2n) is 10.7. The maximum Gasteiger partial charge on any atom is 0.408 e. The molecule has 0 saturated heterocycles. The molecule has 0 radical (unpaired) electrons. The predicted octanol–water partition coefficient (Wildman–Crippen LogP) is 3.58. The Labute approximate surface area is 220 Å². The lowest BCUT2D eigenvalue weighted by Crippen LogP contribution is -2.55. The SMILES string of the molecule is C=CCN(C(=O)C(CC(N)=O)NC(=O)OC(C)(C)C)C(C(=O)NC1CCCCC1)c1c(C)cccc1C. The number of alkyl carbamates (subject to hydrolysis) is 1. The summed E-state index contributed by atoms with van der Waals surface area (Å²) < 4.78 is 5.30. The van der Waals surface area contributed by atoms with Crippen molar-refractivity contribution in [2.45, 2.75) is 96.9 Å². The Balaban J connectivity index is 2.50. The molecular weight excluding hydrogens is 472 g/mol. The van der Waals surface area contributed by atoms with Crippen molar-refractivity contribution >= 4 is 23.8 Å². The average molecular weight is 515 g/mol. The van der Waals surface area contributed by atoms with Crippen molar-refractivity contribution in [2.24, 2.45) is 5.73 Å². The third-order valence-corrected chi connectivity index (χ3v) is 6.33. The van der Waals surface area contributed by atoms with Gasteiger partial charge in [-0.05, 0) is 64.2 Å². The highest BCUT2D eigenvalue weighted by Gasteiger charge is 2.38.